The predicted molar refractivity (Wildman–Crippen MR) is 254 cm³/mol. The fourth-order valence-electron chi connectivity index (χ4n) is 8.85. The summed E-state index contributed by atoms with van der Waals surface area (Å²) in [5.74, 6) is 1.78. The second-order valence-electron chi connectivity index (χ2n) is 15.6. The Bertz CT molecular complexity index is 3590. The van der Waals surface area contributed by atoms with Crippen molar-refractivity contribution in [1.82, 2.24) is 19.5 Å². The van der Waals surface area contributed by atoms with Crippen molar-refractivity contribution in [2.75, 3.05) is 0 Å². The zero-order chi connectivity index (χ0) is 41.0. The van der Waals surface area contributed by atoms with E-state index in [-0.39, 0.29) is 0 Å². The minimum absolute atomic E-state index is 0.580. The molecule has 12 aromatic rings. The first kappa shape index (κ1) is 35.5. The van der Waals surface area contributed by atoms with Crippen molar-refractivity contribution in [1.29, 1.82) is 0 Å². The van der Waals surface area contributed by atoms with Crippen molar-refractivity contribution in [2.24, 2.45) is 0 Å². The molecule has 0 amide bonds. The molecule has 3 heterocycles. The van der Waals surface area contributed by atoms with Gasteiger partial charge in [-0.15, -0.1) is 0 Å². The first-order valence-electron chi connectivity index (χ1n) is 20.8. The highest BCUT2D eigenvalue weighted by molar-refractivity contribution is 6.19. The molecule has 0 aliphatic rings. The zero-order valence-corrected chi connectivity index (χ0v) is 33.5. The van der Waals surface area contributed by atoms with Crippen LogP contribution >= 0.6 is 0 Å². The molecule has 0 spiro atoms. The minimum atomic E-state index is 0.580. The van der Waals surface area contributed by atoms with E-state index in [0.29, 0.717) is 17.5 Å². The summed E-state index contributed by atoms with van der Waals surface area (Å²) in [6, 6.07) is 76.2. The smallest absolute Gasteiger partial charge is 0.164 e. The molecule has 290 valence electrons. The fraction of sp³-hybridized carbons (Fsp3) is 0. The number of rotatable bonds is 7. The Kier molecular flexibility index (Phi) is 8.42. The molecule has 5 heteroatoms. The molecule has 12 rings (SSSR count). The molecular weight excluding hydrogens is 757 g/mol. The van der Waals surface area contributed by atoms with Gasteiger partial charge in [-0.05, 0) is 69.8 Å². The molecule has 0 N–H and O–H groups in total. The number of aromatic nitrogens is 4. The van der Waals surface area contributed by atoms with E-state index < -0.39 is 0 Å². The van der Waals surface area contributed by atoms with Gasteiger partial charge in [-0.2, -0.15) is 0 Å². The second kappa shape index (κ2) is 14.7. The summed E-state index contributed by atoms with van der Waals surface area (Å²) in [5.41, 5.74) is 14.5. The van der Waals surface area contributed by atoms with Crippen LogP contribution in [-0.2, 0) is 0 Å². The lowest BCUT2D eigenvalue weighted by Gasteiger charge is -2.11. The molecular formula is C57H36N4O. The van der Waals surface area contributed by atoms with E-state index in [1.807, 2.05) is 24.3 Å². The maximum absolute atomic E-state index is 6.75. The first-order valence-corrected chi connectivity index (χ1v) is 20.8. The minimum Gasteiger partial charge on any atom is -0.456 e. The molecule has 0 bridgehead atoms. The highest BCUT2D eigenvalue weighted by Gasteiger charge is 2.21. The van der Waals surface area contributed by atoms with Crippen LogP contribution in [0.1, 0.15) is 0 Å². The van der Waals surface area contributed by atoms with Gasteiger partial charge in [0.25, 0.3) is 0 Å². The van der Waals surface area contributed by atoms with E-state index in [1.54, 1.807) is 0 Å². The van der Waals surface area contributed by atoms with Crippen LogP contribution in [0.2, 0.25) is 0 Å². The molecule has 3 aromatic heterocycles. The fourth-order valence-corrected chi connectivity index (χ4v) is 8.85. The van der Waals surface area contributed by atoms with Gasteiger partial charge in [-0.25, -0.2) is 15.0 Å². The number of furan rings is 1. The summed E-state index contributed by atoms with van der Waals surface area (Å²) < 4.78 is 9.09. The third-order valence-corrected chi connectivity index (χ3v) is 11.9. The summed E-state index contributed by atoms with van der Waals surface area (Å²) in [5, 5.41) is 4.29. The van der Waals surface area contributed by atoms with Crippen LogP contribution in [0.15, 0.2) is 223 Å². The SMILES string of the molecule is c1ccc(-c2ccc(-c3nc(-c4cccc(-c5ccccc5)c4)nc(-c4cccc5oc6cc7c(cc6c45)c4ccccc4n7-c4ccc(-c5ccccc5)cc4)n3)cc2)cc1. The van der Waals surface area contributed by atoms with Crippen molar-refractivity contribution < 1.29 is 4.42 Å². The Morgan fingerprint density at radius 2 is 0.823 bits per heavy atom. The summed E-state index contributed by atoms with van der Waals surface area (Å²) in [6.45, 7) is 0. The lowest BCUT2D eigenvalue weighted by atomic mass is 10.0. The normalized spacial score (nSPS) is 11.5. The van der Waals surface area contributed by atoms with E-state index in [0.717, 1.165) is 83.0 Å². The molecule has 0 aliphatic heterocycles. The molecule has 0 aliphatic carbocycles. The molecule has 0 saturated heterocycles. The van der Waals surface area contributed by atoms with Crippen molar-refractivity contribution >= 4 is 43.7 Å². The van der Waals surface area contributed by atoms with E-state index in [1.165, 1.54) is 16.5 Å². The first-order chi connectivity index (χ1) is 30.7. The average molecular weight is 793 g/mol. The quantitative estimate of drug-likeness (QED) is 0.161. The summed E-state index contributed by atoms with van der Waals surface area (Å²) in [7, 11) is 0. The lowest BCUT2D eigenvalue weighted by Crippen LogP contribution is -2.00. The van der Waals surface area contributed by atoms with Crippen molar-refractivity contribution in [3.05, 3.63) is 218 Å². The van der Waals surface area contributed by atoms with Crippen molar-refractivity contribution in [3.8, 4) is 73.2 Å². The molecule has 9 aromatic carbocycles. The highest BCUT2D eigenvalue weighted by atomic mass is 16.3. The standard InChI is InChI=1S/C57H36N4O/c1-4-14-37(15-5-1)40-26-28-42(29-27-40)55-58-56(44-21-12-20-43(34-44)39-18-8-3-9-19-39)60-57(59-55)47-23-13-25-52-54(47)49-35-48-46-22-10-11-24-50(46)61(51(48)36-53(49)62-52)45-32-30-41(31-33-45)38-16-6-2-7-17-38/h1-36H. The van der Waals surface area contributed by atoms with Gasteiger partial charge in [0.05, 0.1) is 11.0 Å². The molecule has 0 atom stereocenters. The highest BCUT2D eigenvalue weighted by Crippen LogP contribution is 2.42. The van der Waals surface area contributed by atoms with Crippen LogP contribution in [0.4, 0.5) is 0 Å². The number of benzene rings is 9. The Hall–Kier alpha value is -8.41. The lowest BCUT2D eigenvalue weighted by molar-refractivity contribution is 0.669. The van der Waals surface area contributed by atoms with Crippen LogP contribution in [0.3, 0.4) is 0 Å². The topological polar surface area (TPSA) is 56.7 Å². The predicted octanol–water partition coefficient (Wildman–Crippen LogP) is 14.9. The summed E-state index contributed by atoms with van der Waals surface area (Å²) in [4.78, 5) is 15.6. The zero-order valence-electron chi connectivity index (χ0n) is 33.5. The number of hydrogen-bond acceptors (Lipinski definition) is 4. The summed E-state index contributed by atoms with van der Waals surface area (Å²) >= 11 is 0. The van der Waals surface area contributed by atoms with Gasteiger partial charge in [0.2, 0.25) is 0 Å². The van der Waals surface area contributed by atoms with Gasteiger partial charge in [0.1, 0.15) is 11.2 Å². The number of para-hydroxylation sites is 1. The number of hydrogen-bond donors (Lipinski definition) is 0. The van der Waals surface area contributed by atoms with Gasteiger partial charge in [0, 0.05) is 50.0 Å². The Labute approximate surface area is 357 Å². The van der Waals surface area contributed by atoms with E-state index in [4.69, 9.17) is 19.4 Å². The van der Waals surface area contributed by atoms with Gasteiger partial charge in [-0.3, -0.25) is 0 Å². The van der Waals surface area contributed by atoms with Gasteiger partial charge < -0.3 is 8.98 Å². The van der Waals surface area contributed by atoms with Crippen LogP contribution in [0.25, 0.3) is 117 Å². The van der Waals surface area contributed by atoms with Crippen LogP contribution in [0.5, 0.6) is 0 Å². The maximum atomic E-state index is 6.75. The average Bonchev–Trinajstić information content (AvgIpc) is 3.89. The molecule has 5 nitrogen and oxygen atoms in total. The van der Waals surface area contributed by atoms with Crippen molar-refractivity contribution in [3.63, 3.8) is 0 Å². The molecule has 0 saturated carbocycles. The van der Waals surface area contributed by atoms with Gasteiger partial charge in [0.15, 0.2) is 17.5 Å². The van der Waals surface area contributed by atoms with Gasteiger partial charge in [-0.1, -0.05) is 176 Å². The van der Waals surface area contributed by atoms with Crippen LogP contribution < -0.4 is 0 Å². The van der Waals surface area contributed by atoms with Crippen molar-refractivity contribution in [2.45, 2.75) is 0 Å². The van der Waals surface area contributed by atoms with Crippen LogP contribution in [-0.4, -0.2) is 19.5 Å². The molecule has 0 radical (unpaired) electrons. The molecule has 0 unspecified atom stereocenters. The van der Waals surface area contributed by atoms with E-state index in [2.05, 4.69) is 199 Å². The third kappa shape index (κ3) is 6.14. The van der Waals surface area contributed by atoms with Gasteiger partial charge >= 0.3 is 0 Å². The van der Waals surface area contributed by atoms with E-state index in [9.17, 15) is 0 Å². The summed E-state index contributed by atoms with van der Waals surface area (Å²) in [6.07, 6.45) is 0. The Morgan fingerprint density at radius 3 is 1.52 bits per heavy atom. The van der Waals surface area contributed by atoms with E-state index >= 15 is 0 Å². The Balaban J connectivity index is 1.04. The third-order valence-electron chi connectivity index (χ3n) is 11.9. The molecule has 0 fully saturated rings. The monoisotopic (exact) mass is 792 g/mol. The molecule has 62 heavy (non-hydrogen) atoms. The number of nitrogens with zero attached hydrogens (tertiary/aromatic N) is 4. The second-order valence-corrected chi connectivity index (χ2v) is 15.6. The Morgan fingerprint density at radius 1 is 0.306 bits per heavy atom. The number of fused-ring (bicyclic) bond motifs is 6. The largest absolute Gasteiger partial charge is 0.456 e. The van der Waals surface area contributed by atoms with Crippen LogP contribution in [0, 0.1) is 0 Å². The maximum Gasteiger partial charge on any atom is 0.164 e.